The van der Waals surface area contributed by atoms with Gasteiger partial charge < -0.3 is 9.52 Å². The summed E-state index contributed by atoms with van der Waals surface area (Å²) in [5.74, 6) is 1.55. The zero-order chi connectivity index (χ0) is 14.1. The van der Waals surface area contributed by atoms with Crippen LogP contribution in [-0.4, -0.2) is 11.1 Å². The maximum Gasteiger partial charge on any atom is 0.303 e. The highest BCUT2D eigenvalue weighted by molar-refractivity contribution is 5.66. The number of carboxylic acid groups (broad SMARTS) is 1. The van der Waals surface area contributed by atoms with Crippen molar-refractivity contribution in [3.05, 3.63) is 23.2 Å². The number of hydrogen-bond donors (Lipinski definition) is 1. The smallest absolute Gasteiger partial charge is 0.303 e. The average molecular weight is 266 g/mol. The summed E-state index contributed by atoms with van der Waals surface area (Å²) >= 11 is 0. The van der Waals surface area contributed by atoms with Gasteiger partial charge in [-0.25, -0.2) is 0 Å². The van der Waals surface area contributed by atoms with E-state index < -0.39 is 5.97 Å². The molecule has 0 amide bonds. The van der Waals surface area contributed by atoms with E-state index in [1.807, 2.05) is 0 Å². The monoisotopic (exact) mass is 266 g/mol. The number of aliphatic carboxylic acids is 1. The zero-order valence-corrected chi connectivity index (χ0v) is 12.2. The fourth-order valence-electron chi connectivity index (χ4n) is 2.28. The van der Waals surface area contributed by atoms with E-state index in [-0.39, 0.29) is 0 Å². The summed E-state index contributed by atoms with van der Waals surface area (Å²) in [7, 11) is 0. The van der Waals surface area contributed by atoms with Crippen molar-refractivity contribution in [2.75, 3.05) is 0 Å². The number of carbonyl (C=O) groups is 1. The number of furan rings is 1. The topological polar surface area (TPSA) is 50.4 Å². The van der Waals surface area contributed by atoms with E-state index in [1.54, 1.807) is 0 Å². The molecule has 0 fully saturated rings. The molecular weight excluding hydrogens is 240 g/mol. The third kappa shape index (κ3) is 6.46. The van der Waals surface area contributed by atoms with E-state index in [0.29, 0.717) is 6.42 Å². The van der Waals surface area contributed by atoms with Crippen molar-refractivity contribution < 1.29 is 14.3 Å². The van der Waals surface area contributed by atoms with E-state index in [0.717, 1.165) is 50.0 Å². The molecule has 3 heteroatoms. The fraction of sp³-hybridized carbons (Fsp3) is 0.688. The summed E-state index contributed by atoms with van der Waals surface area (Å²) in [5.41, 5.74) is 1.28. The molecule has 0 atom stereocenters. The Morgan fingerprint density at radius 1 is 1.16 bits per heavy atom. The summed E-state index contributed by atoms with van der Waals surface area (Å²) in [5, 5.41) is 8.52. The fourth-order valence-corrected chi connectivity index (χ4v) is 2.28. The average Bonchev–Trinajstić information content (AvgIpc) is 2.73. The largest absolute Gasteiger partial charge is 0.481 e. The molecule has 0 saturated heterocycles. The number of rotatable bonds is 10. The Labute approximate surface area is 116 Å². The molecule has 1 N–H and O–H groups in total. The van der Waals surface area contributed by atoms with E-state index in [4.69, 9.17) is 9.52 Å². The first-order valence-electron chi connectivity index (χ1n) is 7.43. The van der Waals surface area contributed by atoms with E-state index in [9.17, 15) is 4.79 Å². The van der Waals surface area contributed by atoms with E-state index in [1.165, 1.54) is 18.4 Å². The molecular formula is C16H26O3. The van der Waals surface area contributed by atoms with Crippen LogP contribution in [0.4, 0.5) is 0 Å². The van der Waals surface area contributed by atoms with Gasteiger partial charge in [0.25, 0.3) is 0 Å². The minimum Gasteiger partial charge on any atom is -0.481 e. The van der Waals surface area contributed by atoms with Gasteiger partial charge in [0, 0.05) is 19.3 Å². The Balaban J connectivity index is 2.04. The number of hydrogen-bond acceptors (Lipinski definition) is 2. The van der Waals surface area contributed by atoms with Crippen LogP contribution in [0.5, 0.6) is 0 Å². The van der Waals surface area contributed by atoms with Crippen LogP contribution >= 0.6 is 0 Å². The van der Waals surface area contributed by atoms with Gasteiger partial charge in [-0.1, -0.05) is 32.6 Å². The summed E-state index contributed by atoms with van der Waals surface area (Å²) in [6.07, 6.45) is 8.85. The first-order valence-corrected chi connectivity index (χ1v) is 7.43. The van der Waals surface area contributed by atoms with Crippen molar-refractivity contribution in [3.8, 4) is 0 Å². The lowest BCUT2D eigenvalue weighted by Gasteiger charge is -2.01. The third-order valence-electron chi connectivity index (χ3n) is 3.46. The third-order valence-corrected chi connectivity index (χ3v) is 3.46. The summed E-state index contributed by atoms with van der Waals surface area (Å²) in [6.45, 7) is 4.23. The molecule has 0 saturated carbocycles. The molecule has 1 rings (SSSR count). The molecule has 0 bridgehead atoms. The molecule has 0 aromatic carbocycles. The molecule has 0 aliphatic heterocycles. The molecule has 0 unspecified atom stereocenters. The van der Waals surface area contributed by atoms with Crippen LogP contribution in [-0.2, 0) is 17.6 Å². The van der Waals surface area contributed by atoms with Gasteiger partial charge in [-0.2, -0.15) is 0 Å². The van der Waals surface area contributed by atoms with Crippen LogP contribution in [0.3, 0.4) is 0 Å². The quantitative estimate of drug-likeness (QED) is 0.634. The summed E-state index contributed by atoms with van der Waals surface area (Å²) in [4.78, 5) is 10.3. The second-order valence-corrected chi connectivity index (χ2v) is 5.19. The Hall–Kier alpha value is -1.25. The minimum atomic E-state index is -0.681. The van der Waals surface area contributed by atoms with Gasteiger partial charge in [-0.05, 0) is 31.4 Å². The van der Waals surface area contributed by atoms with Gasteiger partial charge in [-0.3, -0.25) is 4.79 Å². The van der Waals surface area contributed by atoms with Gasteiger partial charge in [0.1, 0.15) is 11.5 Å². The maximum atomic E-state index is 10.3. The Morgan fingerprint density at radius 2 is 1.79 bits per heavy atom. The van der Waals surface area contributed by atoms with Gasteiger partial charge >= 0.3 is 5.97 Å². The molecule has 0 aliphatic carbocycles. The summed E-state index contributed by atoms with van der Waals surface area (Å²) < 4.78 is 5.77. The van der Waals surface area contributed by atoms with Crippen molar-refractivity contribution in [2.45, 2.75) is 71.6 Å². The van der Waals surface area contributed by atoms with Crippen LogP contribution < -0.4 is 0 Å². The standard InChI is InChI=1S/C16H26O3/c1-3-14-12-13(2)15(19-14)10-8-6-4-5-7-9-11-16(17)18/h12H,3-11H2,1-2H3,(H,17,18). The normalized spacial score (nSPS) is 10.8. The lowest BCUT2D eigenvalue weighted by molar-refractivity contribution is -0.137. The Bertz CT molecular complexity index is 379. The van der Waals surface area contributed by atoms with Crippen LogP contribution in [0.2, 0.25) is 0 Å². The zero-order valence-electron chi connectivity index (χ0n) is 12.2. The van der Waals surface area contributed by atoms with Crippen molar-refractivity contribution in [1.29, 1.82) is 0 Å². The highest BCUT2D eigenvalue weighted by atomic mass is 16.4. The van der Waals surface area contributed by atoms with E-state index in [2.05, 4.69) is 19.9 Å². The van der Waals surface area contributed by atoms with Crippen molar-refractivity contribution >= 4 is 5.97 Å². The number of aryl methyl sites for hydroxylation is 3. The van der Waals surface area contributed by atoms with Gasteiger partial charge in [0.05, 0.1) is 0 Å². The predicted molar refractivity (Wildman–Crippen MR) is 76.5 cm³/mol. The van der Waals surface area contributed by atoms with Crippen LogP contribution in [0.25, 0.3) is 0 Å². The first-order chi connectivity index (χ1) is 9.13. The Morgan fingerprint density at radius 3 is 2.37 bits per heavy atom. The van der Waals surface area contributed by atoms with Gasteiger partial charge in [0.15, 0.2) is 0 Å². The lowest BCUT2D eigenvalue weighted by atomic mass is 10.1. The van der Waals surface area contributed by atoms with Crippen molar-refractivity contribution in [1.82, 2.24) is 0 Å². The second kappa shape index (κ2) is 8.78. The van der Waals surface area contributed by atoms with Crippen molar-refractivity contribution in [3.63, 3.8) is 0 Å². The van der Waals surface area contributed by atoms with Crippen molar-refractivity contribution in [2.24, 2.45) is 0 Å². The Kier molecular flexibility index (Phi) is 7.31. The summed E-state index contributed by atoms with van der Waals surface area (Å²) in [6, 6.07) is 2.14. The van der Waals surface area contributed by atoms with Gasteiger partial charge in [-0.15, -0.1) is 0 Å². The van der Waals surface area contributed by atoms with Crippen LogP contribution in [0.15, 0.2) is 10.5 Å². The second-order valence-electron chi connectivity index (χ2n) is 5.19. The SMILES string of the molecule is CCc1cc(C)c(CCCCCCCCC(=O)O)o1. The molecule has 3 nitrogen and oxygen atoms in total. The molecule has 1 aromatic heterocycles. The lowest BCUT2D eigenvalue weighted by Crippen LogP contribution is -1.93. The predicted octanol–water partition coefficient (Wildman–Crippen LogP) is 4.51. The highest BCUT2D eigenvalue weighted by Crippen LogP contribution is 2.18. The molecule has 108 valence electrons. The maximum absolute atomic E-state index is 10.3. The first kappa shape index (κ1) is 15.8. The molecule has 0 radical (unpaired) electrons. The molecule has 1 aromatic rings. The molecule has 0 spiro atoms. The minimum absolute atomic E-state index is 0.311. The molecule has 19 heavy (non-hydrogen) atoms. The van der Waals surface area contributed by atoms with E-state index >= 15 is 0 Å². The molecule has 0 aliphatic rings. The number of unbranched alkanes of at least 4 members (excludes halogenated alkanes) is 5. The van der Waals surface area contributed by atoms with Gasteiger partial charge in [0.2, 0.25) is 0 Å². The van der Waals surface area contributed by atoms with Crippen LogP contribution in [0, 0.1) is 6.92 Å². The molecule has 1 heterocycles. The number of carboxylic acids is 1. The van der Waals surface area contributed by atoms with Crippen LogP contribution in [0.1, 0.15) is 69.0 Å². The highest BCUT2D eigenvalue weighted by Gasteiger charge is 2.05.